The van der Waals surface area contributed by atoms with Gasteiger partial charge in [-0.05, 0) is 62.6 Å². The molecule has 1 aliphatic heterocycles. The van der Waals surface area contributed by atoms with Gasteiger partial charge in [0.1, 0.15) is 10.5 Å². The van der Waals surface area contributed by atoms with Gasteiger partial charge in [0.15, 0.2) is 0 Å². The molecule has 4 rings (SSSR count). The summed E-state index contributed by atoms with van der Waals surface area (Å²) in [5.74, 6) is 0.0668. The van der Waals surface area contributed by atoms with E-state index < -0.39 is 11.6 Å². The van der Waals surface area contributed by atoms with Crippen molar-refractivity contribution in [3.63, 3.8) is 0 Å². The van der Waals surface area contributed by atoms with Gasteiger partial charge in [0.2, 0.25) is 5.91 Å². The molecular weight excluding hydrogens is 450 g/mol. The molecule has 2 aliphatic rings. The summed E-state index contributed by atoms with van der Waals surface area (Å²) in [5, 5.41) is 9.03. The van der Waals surface area contributed by atoms with Gasteiger partial charge in [-0.1, -0.05) is 20.8 Å². The lowest BCUT2D eigenvalue weighted by atomic mass is 9.93. The summed E-state index contributed by atoms with van der Waals surface area (Å²) in [7, 11) is 0. The van der Waals surface area contributed by atoms with Crippen molar-refractivity contribution in [2.75, 3.05) is 23.7 Å². The van der Waals surface area contributed by atoms with Gasteiger partial charge < -0.3 is 15.5 Å². The largest absolute Gasteiger partial charge is 0.352 e. The van der Waals surface area contributed by atoms with E-state index in [2.05, 4.69) is 41.7 Å². The molecule has 8 nitrogen and oxygen atoms in total. The number of nitrogens with zero attached hydrogens (tertiary/aromatic N) is 2. The average molecular weight is 484 g/mol. The van der Waals surface area contributed by atoms with E-state index in [-0.39, 0.29) is 17.2 Å². The molecule has 0 atom stereocenters. The second kappa shape index (κ2) is 8.69. The Hall–Kier alpha value is -2.94. The molecular formula is C25H33N5O3S. The smallest absolute Gasteiger partial charge is 0.324 e. The highest BCUT2D eigenvalue weighted by molar-refractivity contribution is 7.16. The number of urea groups is 1. The van der Waals surface area contributed by atoms with Gasteiger partial charge in [-0.2, -0.15) is 0 Å². The molecule has 0 spiro atoms. The van der Waals surface area contributed by atoms with Gasteiger partial charge in [0, 0.05) is 23.7 Å². The van der Waals surface area contributed by atoms with Crippen LogP contribution in [0.2, 0.25) is 0 Å². The molecule has 0 bridgehead atoms. The Bertz CT molecular complexity index is 1140. The van der Waals surface area contributed by atoms with E-state index in [9.17, 15) is 14.4 Å². The molecule has 2 aromatic rings. The van der Waals surface area contributed by atoms with Crippen molar-refractivity contribution in [2.24, 2.45) is 0 Å². The first kappa shape index (κ1) is 24.2. The van der Waals surface area contributed by atoms with Crippen LogP contribution in [0.3, 0.4) is 0 Å². The van der Waals surface area contributed by atoms with Crippen LogP contribution in [0.4, 0.5) is 15.5 Å². The zero-order chi connectivity index (χ0) is 24.8. The second-order valence-electron chi connectivity index (χ2n) is 10.6. The number of aromatic nitrogens is 1. The van der Waals surface area contributed by atoms with E-state index in [4.69, 9.17) is 0 Å². The molecule has 1 aliphatic carbocycles. The number of amides is 4. The summed E-state index contributed by atoms with van der Waals surface area (Å²) in [6.07, 6.45) is 3.95. The minimum atomic E-state index is -0.981. The fourth-order valence-electron chi connectivity index (χ4n) is 4.10. The molecule has 2 fully saturated rings. The van der Waals surface area contributed by atoms with Crippen LogP contribution in [0, 0.1) is 6.92 Å². The Morgan fingerprint density at radius 3 is 2.56 bits per heavy atom. The number of piperazine rings is 1. The summed E-state index contributed by atoms with van der Waals surface area (Å²) < 4.78 is 0. The predicted molar refractivity (Wildman–Crippen MR) is 135 cm³/mol. The Morgan fingerprint density at radius 1 is 1.21 bits per heavy atom. The normalized spacial score (nSPS) is 17.8. The fraction of sp³-hybridized carbons (Fsp3) is 0.520. The van der Waals surface area contributed by atoms with Crippen LogP contribution in [0.1, 0.15) is 79.9 Å². The number of pyridine rings is 1. The van der Waals surface area contributed by atoms with Crippen molar-refractivity contribution < 1.29 is 14.4 Å². The van der Waals surface area contributed by atoms with Crippen molar-refractivity contribution in [2.45, 2.75) is 71.3 Å². The first-order chi connectivity index (χ1) is 15.9. The first-order valence-corrected chi connectivity index (χ1v) is 12.5. The van der Waals surface area contributed by atoms with Crippen LogP contribution in [0.5, 0.6) is 0 Å². The summed E-state index contributed by atoms with van der Waals surface area (Å²) in [6.45, 7) is 12.4. The number of carbonyl (C=O) groups excluding carboxylic acids is 3. The number of rotatable bonds is 4. The molecule has 0 aromatic carbocycles. The number of thiophene rings is 1. The summed E-state index contributed by atoms with van der Waals surface area (Å²) >= 11 is 1.38. The van der Waals surface area contributed by atoms with Gasteiger partial charge in [-0.25, -0.2) is 4.79 Å². The Morgan fingerprint density at radius 2 is 1.91 bits per heavy atom. The maximum atomic E-state index is 13.6. The lowest BCUT2D eigenvalue weighted by Crippen LogP contribution is -2.63. The molecule has 34 heavy (non-hydrogen) atoms. The number of carbonyl (C=O) groups is 3. The first-order valence-electron chi connectivity index (χ1n) is 11.7. The molecule has 1 saturated heterocycles. The third-order valence-electron chi connectivity index (χ3n) is 6.43. The lowest BCUT2D eigenvalue weighted by Gasteiger charge is -2.41. The van der Waals surface area contributed by atoms with Crippen LogP contribution in [-0.2, 0) is 10.2 Å². The van der Waals surface area contributed by atoms with Gasteiger partial charge in [0.05, 0.1) is 17.4 Å². The van der Waals surface area contributed by atoms with E-state index >= 15 is 0 Å². The topological polar surface area (TPSA) is 103 Å². The molecule has 0 unspecified atom stereocenters. The highest BCUT2D eigenvalue weighted by Crippen LogP contribution is 2.42. The Balaban J connectivity index is 1.59. The number of aryl methyl sites for hydroxylation is 1. The highest BCUT2D eigenvalue weighted by Gasteiger charge is 2.42. The quantitative estimate of drug-likeness (QED) is 0.590. The van der Waals surface area contributed by atoms with E-state index in [0.717, 1.165) is 23.4 Å². The van der Waals surface area contributed by atoms with E-state index in [1.807, 2.05) is 19.1 Å². The number of nitrogens with one attached hydrogen (secondary N) is 3. The van der Waals surface area contributed by atoms with E-state index in [0.29, 0.717) is 35.3 Å². The van der Waals surface area contributed by atoms with Crippen molar-refractivity contribution in [1.82, 2.24) is 15.2 Å². The summed E-state index contributed by atoms with van der Waals surface area (Å²) in [4.78, 5) is 45.9. The van der Waals surface area contributed by atoms with Crippen molar-refractivity contribution in [3.8, 4) is 0 Å². The van der Waals surface area contributed by atoms with E-state index in [1.165, 1.54) is 16.9 Å². The van der Waals surface area contributed by atoms with Gasteiger partial charge in [-0.15, -0.1) is 11.3 Å². The molecule has 9 heteroatoms. The predicted octanol–water partition coefficient (Wildman–Crippen LogP) is 4.62. The molecule has 4 amide bonds. The maximum Gasteiger partial charge on any atom is 0.324 e. The zero-order valence-electron chi connectivity index (χ0n) is 20.7. The zero-order valence-corrected chi connectivity index (χ0v) is 21.5. The number of hydrogen-bond acceptors (Lipinski definition) is 5. The Labute approximate surface area is 204 Å². The van der Waals surface area contributed by atoms with Gasteiger partial charge in [-0.3, -0.25) is 19.9 Å². The van der Waals surface area contributed by atoms with Crippen molar-refractivity contribution >= 4 is 39.9 Å². The molecule has 3 N–H and O–H groups in total. The fourth-order valence-corrected chi connectivity index (χ4v) is 5.21. The average Bonchev–Trinajstić information content (AvgIpc) is 3.49. The van der Waals surface area contributed by atoms with Gasteiger partial charge in [0.25, 0.3) is 5.91 Å². The number of hydrogen-bond donors (Lipinski definition) is 3. The second-order valence-corrected chi connectivity index (χ2v) is 11.7. The molecule has 0 radical (unpaired) electrons. The summed E-state index contributed by atoms with van der Waals surface area (Å²) in [5.41, 5.74) is 2.00. The van der Waals surface area contributed by atoms with Crippen molar-refractivity contribution in [3.05, 3.63) is 40.0 Å². The third-order valence-corrected chi connectivity index (χ3v) is 7.90. The van der Waals surface area contributed by atoms with Crippen LogP contribution in [0.25, 0.3) is 0 Å². The SMILES string of the molecule is Cc1ncc(NC(=O)Nc2sc(C(C)(C)C)cc2C(=O)N2CCNC(=O)C2(C)C)cc1C1CC1. The molecule has 1 saturated carbocycles. The number of anilines is 2. The standard InChI is InChI=1S/C25H33N5O3S/c1-14-17(15-7-8-15)11-16(13-27-14)28-23(33)29-20-18(12-19(34-20)24(2,3)4)21(31)30-10-9-26-22(32)25(30,5)6/h11-13,15H,7-10H2,1-6H3,(H,26,32)(H2,28,29,33). The molecule has 2 aromatic heterocycles. The summed E-state index contributed by atoms with van der Waals surface area (Å²) in [6, 6.07) is 3.39. The van der Waals surface area contributed by atoms with Crippen LogP contribution < -0.4 is 16.0 Å². The minimum absolute atomic E-state index is 0.191. The van der Waals surface area contributed by atoms with E-state index in [1.54, 1.807) is 24.9 Å². The maximum absolute atomic E-state index is 13.6. The highest BCUT2D eigenvalue weighted by atomic mass is 32.1. The van der Waals surface area contributed by atoms with Crippen LogP contribution >= 0.6 is 11.3 Å². The minimum Gasteiger partial charge on any atom is -0.352 e. The Kier molecular flexibility index (Phi) is 6.18. The molecule has 182 valence electrons. The third kappa shape index (κ3) is 4.80. The van der Waals surface area contributed by atoms with Crippen molar-refractivity contribution in [1.29, 1.82) is 0 Å². The lowest BCUT2D eigenvalue weighted by molar-refractivity contribution is -0.133. The monoisotopic (exact) mass is 483 g/mol. The van der Waals surface area contributed by atoms with Crippen LogP contribution in [0.15, 0.2) is 18.3 Å². The van der Waals surface area contributed by atoms with Crippen LogP contribution in [-0.4, -0.2) is 46.4 Å². The molecule has 3 heterocycles. The van der Waals surface area contributed by atoms with Gasteiger partial charge >= 0.3 is 6.03 Å².